The van der Waals surface area contributed by atoms with Crippen molar-refractivity contribution in [2.45, 2.75) is 386 Å². The maximum absolute atomic E-state index is 12.9. The number of carbonyl (C=O) groups excluding carboxylic acids is 3. The van der Waals surface area contributed by atoms with Gasteiger partial charge in [-0.2, -0.15) is 0 Å². The Morgan fingerprint density at radius 1 is 0.253 bits per heavy atom. The summed E-state index contributed by atoms with van der Waals surface area (Å²) < 4.78 is 16.9. The number of allylic oxidation sites excluding steroid dienone is 12. The first-order valence-electron chi connectivity index (χ1n) is 36.4. The van der Waals surface area contributed by atoms with Gasteiger partial charge in [0, 0.05) is 19.3 Å². The van der Waals surface area contributed by atoms with Gasteiger partial charge < -0.3 is 14.2 Å². The Morgan fingerprint density at radius 2 is 0.470 bits per heavy atom. The van der Waals surface area contributed by atoms with Crippen LogP contribution in [-0.4, -0.2) is 37.2 Å². The van der Waals surface area contributed by atoms with Crippen molar-refractivity contribution >= 4 is 17.9 Å². The first kappa shape index (κ1) is 79.8. The maximum Gasteiger partial charge on any atom is 0.306 e. The van der Waals surface area contributed by atoms with Gasteiger partial charge >= 0.3 is 17.9 Å². The number of carbonyl (C=O) groups is 3. The highest BCUT2D eigenvalue weighted by atomic mass is 16.6. The van der Waals surface area contributed by atoms with Crippen molar-refractivity contribution in [3.8, 4) is 0 Å². The Kier molecular flexibility index (Phi) is 68.6. The van der Waals surface area contributed by atoms with Crippen molar-refractivity contribution in [2.24, 2.45) is 0 Å². The second-order valence-electron chi connectivity index (χ2n) is 24.5. The molecule has 0 saturated carbocycles. The van der Waals surface area contributed by atoms with Crippen molar-refractivity contribution in [1.82, 2.24) is 0 Å². The Labute approximate surface area is 516 Å². The predicted molar refractivity (Wildman–Crippen MR) is 362 cm³/mol. The van der Waals surface area contributed by atoms with Crippen LogP contribution >= 0.6 is 0 Å². The Hall–Kier alpha value is -3.15. The molecule has 0 N–H and O–H groups in total. The summed E-state index contributed by atoms with van der Waals surface area (Å²) in [6, 6.07) is 0. The molecule has 482 valence electrons. The summed E-state index contributed by atoms with van der Waals surface area (Å²) in [6.07, 6.45) is 93.8. The van der Waals surface area contributed by atoms with Crippen LogP contribution in [0.4, 0.5) is 0 Å². The van der Waals surface area contributed by atoms with Crippen LogP contribution in [0.3, 0.4) is 0 Å². The molecular formula is C77H138O6. The van der Waals surface area contributed by atoms with E-state index in [0.29, 0.717) is 19.3 Å². The normalized spacial score (nSPS) is 12.5. The molecule has 0 rings (SSSR count). The number of esters is 3. The Bertz CT molecular complexity index is 1520. The molecule has 0 aromatic heterocycles. The second-order valence-corrected chi connectivity index (χ2v) is 24.5. The molecule has 6 nitrogen and oxygen atoms in total. The zero-order valence-corrected chi connectivity index (χ0v) is 55.5. The molecule has 0 amide bonds. The summed E-state index contributed by atoms with van der Waals surface area (Å²) in [4.78, 5) is 38.4. The van der Waals surface area contributed by atoms with E-state index >= 15 is 0 Å². The Balaban J connectivity index is 4.23. The molecule has 0 aromatic carbocycles. The first-order chi connectivity index (χ1) is 41.0. The van der Waals surface area contributed by atoms with Gasteiger partial charge in [-0.25, -0.2) is 0 Å². The fourth-order valence-corrected chi connectivity index (χ4v) is 10.8. The monoisotopic (exact) mass is 1160 g/mol. The number of ether oxygens (including phenoxy) is 3. The SMILES string of the molecule is CC/C=C\C/C=C\C/C=C\C/C=C\C/C=C\C/C=C\CCCCC(=O)OC(COC(=O)CCCCCCCCCCCCCCC)COC(=O)CCCCCCCCCCCCCCCCCCCCCCCCCCCCCCCCC. The minimum Gasteiger partial charge on any atom is -0.462 e. The van der Waals surface area contributed by atoms with Crippen LogP contribution in [0.15, 0.2) is 72.9 Å². The van der Waals surface area contributed by atoms with Gasteiger partial charge in [0.2, 0.25) is 0 Å². The molecule has 0 bridgehead atoms. The van der Waals surface area contributed by atoms with Crippen LogP contribution in [0.25, 0.3) is 0 Å². The summed E-state index contributed by atoms with van der Waals surface area (Å²) in [7, 11) is 0. The number of rotatable bonds is 67. The highest BCUT2D eigenvalue weighted by Gasteiger charge is 2.19. The minimum absolute atomic E-state index is 0.0885. The molecule has 6 heteroatoms. The third-order valence-electron chi connectivity index (χ3n) is 16.2. The number of hydrogen-bond acceptors (Lipinski definition) is 6. The van der Waals surface area contributed by atoms with E-state index in [-0.39, 0.29) is 37.5 Å². The lowest BCUT2D eigenvalue weighted by Gasteiger charge is -2.18. The standard InChI is InChI=1S/C77H138O6/c1-4-7-10-13-16-19-22-25-27-29-31-33-34-35-36-37-38-39-40-41-42-44-45-47-49-52-55-58-61-64-67-70-76(79)82-73-74(72-81-75(78)69-66-63-60-57-54-51-24-21-18-15-12-9-6-3)83-77(80)71-68-65-62-59-56-53-50-48-46-43-32-30-28-26-23-20-17-14-11-8-5-2/h8,11,17,20,26,28,32,43,48,50,56,59,74H,4-7,9-10,12-16,18-19,21-25,27,29-31,33-42,44-47,49,51-55,57-58,60-73H2,1-3H3/b11-8-,20-17-,28-26-,43-32-,50-48-,59-56-. The molecule has 0 fully saturated rings. The highest BCUT2D eigenvalue weighted by molar-refractivity contribution is 5.71. The van der Waals surface area contributed by atoms with Gasteiger partial charge in [-0.05, 0) is 70.6 Å². The molecule has 0 spiro atoms. The van der Waals surface area contributed by atoms with E-state index < -0.39 is 6.10 Å². The van der Waals surface area contributed by atoms with Gasteiger partial charge in [0.15, 0.2) is 6.10 Å². The molecule has 1 unspecified atom stereocenters. The van der Waals surface area contributed by atoms with Gasteiger partial charge in [-0.3, -0.25) is 14.4 Å². The first-order valence-corrected chi connectivity index (χ1v) is 36.4. The summed E-state index contributed by atoms with van der Waals surface area (Å²) in [5, 5.41) is 0. The van der Waals surface area contributed by atoms with Crippen molar-refractivity contribution in [3.05, 3.63) is 72.9 Å². The fraction of sp³-hybridized carbons (Fsp3) is 0.805. The number of hydrogen-bond donors (Lipinski definition) is 0. The van der Waals surface area contributed by atoms with Gasteiger partial charge in [0.05, 0.1) is 0 Å². The van der Waals surface area contributed by atoms with Gasteiger partial charge in [-0.15, -0.1) is 0 Å². The molecule has 0 aromatic rings. The van der Waals surface area contributed by atoms with Crippen LogP contribution in [0.1, 0.15) is 380 Å². The molecule has 0 aliphatic carbocycles. The molecule has 0 aliphatic heterocycles. The molecule has 1 atom stereocenters. The van der Waals surface area contributed by atoms with Gasteiger partial charge in [0.1, 0.15) is 13.2 Å². The molecule has 83 heavy (non-hydrogen) atoms. The fourth-order valence-electron chi connectivity index (χ4n) is 10.8. The van der Waals surface area contributed by atoms with E-state index in [2.05, 4.69) is 93.7 Å². The highest BCUT2D eigenvalue weighted by Crippen LogP contribution is 2.19. The third kappa shape index (κ3) is 69.5. The molecule has 0 aliphatic rings. The molecule has 0 radical (unpaired) electrons. The van der Waals surface area contributed by atoms with Crippen LogP contribution in [-0.2, 0) is 28.6 Å². The van der Waals surface area contributed by atoms with E-state index in [4.69, 9.17) is 14.2 Å². The topological polar surface area (TPSA) is 78.9 Å². The predicted octanol–water partition coefficient (Wildman–Crippen LogP) is 25.2. The zero-order chi connectivity index (χ0) is 59.9. The quantitative estimate of drug-likeness (QED) is 0.0261. The lowest BCUT2D eigenvalue weighted by Crippen LogP contribution is -2.30. The van der Waals surface area contributed by atoms with E-state index in [1.807, 2.05) is 0 Å². The van der Waals surface area contributed by atoms with E-state index in [1.165, 1.54) is 244 Å². The lowest BCUT2D eigenvalue weighted by molar-refractivity contribution is -0.167. The third-order valence-corrected chi connectivity index (χ3v) is 16.2. The maximum atomic E-state index is 12.9. The van der Waals surface area contributed by atoms with Crippen LogP contribution < -0.4 is 0 Å². The summed E-state index contributed by atoms with van der Waals surface area (Å²) in [5.41, 5.74) is 0. The average Bonchev–Trinajstić information content (AvgIpc) is 3.49. The lowest BCUT2D eigenvalue weighted by atomic mass is 10.0. The zero-order valence-electron chi connectivity index (χ0n) is 55.5. The molecule has 0 saturated heterocycles. The molecule has 0 heterocycles. The van der Waals surface area contributed by atoms with Crippen LogP contribution in [0.5, 0.6) is 0 Å². The van der Waals surface area contributed by atoms with Crippen LogP contribution in [0.2, 0.25) is 0 Å². The molecular weight excluding hydrogens is 1020 g/mol. The summed E-state index contributed by atoms with van der Waals surface area (Å²) >= 11 is 0. The average molecular weight is 1160 g/mol. The minimum atomic E-state index is -0.797. The summed E-state index contributed by atoms with van der Waals surface area (Å²) in [6.45, 7) is 6.55. The van der Waals surface area contributed by atoms with E-state index in [9.17, 15) is 14.4 Å². The van der Waals surface area contributed by atoms with Crippen molar-refractivity contribution in [3.63, 3.8) is 0 Å². The van der Waals surface area contributed by atoms with Crippen LogP contribution in [0, 0.1) is 0 Å². The smallest absolute Gasteiger partial charge is 0.306 e. The number of unbranched alkanes of at least 4 members (excludes halogenated alkanes) is 44. The Morgan fingerprint density at radius 3 is 0.735 bits per heavy atom. The van der Waals surface area contributed by atoms with E-state index in [1.54, 1.807) is 0 Å². The van der Waals surface area contributed by atoms with Crippen molar-refractivity contribution < 1.29 is 28.6 Å². The van der Waals surface area contributed by atoms with E-state index in [0.717, 1.165) is 89.9 Å². The van der Waals surface area contributed by atoms with Gasteiger partial charge in [0.25, 0.3) is 0 Å². The van der Waals surface area contributed by atoms with Crippen molar-refractivity contribution in [1.29, 1.82) is 0 Å². The second kappa shape index (κ2) is 71.3. The largest absolute Gasteiger partial charge is 0.462 e. The van der Waals surface area contributed by atoms with Gasteiger partial charge in [-0.1, -0.05) is 363 Å². The van der Waals surface area contributed by atoms with Crippen molar-refractivity contribution in [2.75, 3.05) is 13.2 Å². The summed E-state index contributed by atoms with van der Waals surface area (Å²) in [5.74, 6) is -0.910.